The number of ketones is 1. The lowest BCUT2D eigenvalue weighted by Crippen LogP contribution is -2.00. The molecular formula is C16H23BrO2. The maximum Gasteiger partial charge on any atom is 0.164 e. The van der Waals surface area contributed by atoms with E-state index in [4.69, 9.17) is 4.74 Å². The number of benzene rings is 1. The van der Waals surface area contributed by atoms with Gasteiger partial charge in [0.1, 0.15) is 5.75 Å². The molecular weight excluding hydrogens is 304 g/mol. The van der Waals surface area contributed by atoms with E-state index in [-0.39, 0.29) is 5.78 Å². The van der Waals surface area contributed by atoms with Crippen LogP contribution in [0.5, 0.6) is 5.75 Å². The predicted octanol–water partition coefficient (Wildman–Crippen LogP) is 5.39. The van der Waals surface area contributed by atoms with Crippen molar-refractivity contribution in [3.05, 3.63) is 28.2 Å². The van der Waals surface area contributed by atoms with Crippen molar-refractivity contribution in [1.29, 1.82) is 0 Å². The first kappa shape index (κ1) is 16.2. The molecule has 0 heterocycles. The van der Waals surface area contributed by atoms with Crippen LogP contribution < -0.4 is 4.74 Å². The van der Waals surface area contributed by atoms with Gasteiger partial charge in [-0.15, -0.1) is 0 Å². The quantitative estimate of drug-likeness (QED) is 0.449. The van der Waals surface area contributed by atoms with E-state index in [1.165, 1.54) is 25.7 Å². The summed E-state index contributed by atoms with van der Waals surface area (Å²) in [7, 11) is 1.62. The molecule has 0 bridgehead atoms. The van der Waals surface area contributed by atoms with E-state index in [9.17, 15) is 4.79 Å². The van der Waals surface area contributed by atoms with E-state index in [0.29, 0.717) is 6.42 Å². The largest absolute Gasteiger partial charge is 0.497 e. The lowest BCUT2D eigenvalue weighted by molar-refractivity contribution is 0.0978. The number of hydrogen-bond acceptors (Lipinski definition) is 2. The highest BCUT2D eigenvalue weighted by atomic mass is 79.9. The van der Waals surface area contributed by atoms with Gasteiger partial charge in [-0.1, -0.05) is 39.0 Å². The molecule has 1 aromatic carbocycles. The monoisotopic (exact) mass is 326 g/mol. The molecule has 1 rings (SSSR count). The molecule has 0 unspecified atom stereocenters. The molecule has 0 aliphatic carbocycles. The van der Waals surface area contributed by atoms with Crippen molar-refractivity contribution in [3.8, 4) is 5.75 Å². The Morgan fingerprint density at radius 2 is 1.84 bits per heavy atom. The summed E-state index contributed by atoms with van der Waals surface area (Å²) < 4.78 is 5.95. The lowest BCUT2D eigenvalue weighted by Gasteiger charge is -2.06. The normalized spacial score (nSPS) is 10.5. The molecule has 0 aliphatic rings. The minimum atomic E-state index is 0.213. The standard InChI is InChI=1S/C16H23BrO2/c1-3-4-5-6-7-8-9-16(18)14-11-10-13(19-2)12-15(14)17/h10-12H,3-9H2,1-2H3. The zero-order chi connectivity index (χ0) is 14.1. The number of hydrogen-bond donors (Lipinski definition) is 0. The third kappa shape index (κ3) is 5.77. The molecule has 0 aliphatic heterocycles. The zero-order valence-corrected chi connectivity index (χ0v) is 13.5. The highest BCUT2D eigenvalue weighted by Crippen LogP contribution is 2.24. The van der Waals surface area contributed by atoms with Crippen LogP contribution in [0.25, 0.3) is 0 Å². The second kappa shape index (κ2) is 9.13. The SMILES string of the molecule is CCCCCCCCC(=O)c1ccc(OC)cc1Br. The number of carbonyl (C=O) groups is 1. The summed E-state index contributed by atoms with van der Waals surface area (Å²) in [4.78, 5) is 12.1. The molecule has 106 valence electrons. The molecule has 0 atom stereocenters. The van der Waals surface area contributed by atoms with Gasteiger partial charge in [0.15, 0.2) is 5.78 Å². The molecule has 0 saturated heterocycles. The number of ether oxygens (including phenoxy) is 1. The summed E-state index contributed by atoms with van der Waals surface area (Å²) in [5.74, 6) is 0.980. The molecule has 2 nitrogen and oxygen atoms in total. The van der Waals surface area contributed by atoms with Crippen molar-refractivity contribution in [2.24, 2.45) is 0 Å². The molecule has 0 N–H and O–H groups in total. The van der Waals surface area contributed by atoms with Crippen LogP contribution in [0.4, 0.5) is 0 Å². The summed E-state index contributed by atoms with van der Waals surface area (Å²) >= 11 is 3.43. The fourth-order valence-electron chi connectivity index (χ4n) is 2.05. The maximum absolute atomic E-state index is 12.1. The Kier molecular flexibility index (Phi) is 7.80. The average Bonchev–Trinajstić information content (AvgIpc) is 2.42. The van der Waals surface area contributed by atoms with Crippen molar-refractivity contribution in [1.82, 2.24) is 0 Å². The highest BCUT2D eigenvalue weighted by molar-refractivity contribution is 9.10. The summed E-state index contributed by atoms with van der Waals surface area (Å²) in [5.41, 5.74) is 0.759. The van der Waals surface area contributed by atoms with Crippen LogP contribution in [0.1, 0.15) is 62.2 Å². The smallest absolute Gasteiger partial charge is 0.164 e. The number of rotatable bonds is 9. The fourth-order valence-corrected chi connectivity index (χ4v) is 2.63. The van der Waals surface area contributed by atoms with Gasteiger partial charge in [-0.3, -0.25) is 4.79 Å². The molecule has 0 amide bonds. The van der Waals surface area contributed by atoms with Gasteiger partial charge in [0.05, 0.1) is 7.11 Å². The Labute approximate surface area is 124 Å². The number of Topliss-reactive ketones (excluding diaryl/α,β-unsaturated/α-hetero) is 1. The minimum Gasteiger partial charge on any atom is -0.497 e. The first-order valence-electron chi connectivity index (χ1n) is 7.05. The molecule has 0 radical (unpaired) electrons. The summed E-state index contributed by atoms with van der Waals surface area (Å²) in [6.07, 6.45) is 7.87. The lowest BCUT2D eigenvalue weighted by atomic mass is 10.0. The van der Waals surface area contributed by atoms with Crippen LogP contribution in [0.3, 0.4) is 0 Å². The predicted molar refractivity (Wildman–Crippen MR) is 83.0 cm³/mol. The van der Waals surface area contributed by atoms with Crippen molar-refractivity contribution in [3.63, 3.8) is 0 Å². The van der Waals surface area contributed by atoms with Gasteiger partial charge < -0.3 is 4.74 Å². The summed E-state index contributed by atoms with van der Waals surface area (Å²) in [6, 6.07) is 5.51. The molecule has 0 saturated carbocycles. The maximum atomic E-state index is 12.1. The Hall–Kier alpha value is -0.830. The first-order chi connectivity index (χ1) is 9.19. The van der Waals surface area contributed by atoms with E-state index < -0.39 is 0 Å². The summed E-state index contributed by atoms with van der Waals surface area (Å²) in [6.45, 7) is 2.21. The fraction of sp³-hybridized carbons (Fsp3) is 0.562. The van der Waals surface area contributed by atoms with Gasteiger partial charge in [-0.05, 0) is 40.5 Å². The zero-order valence-electron chi connectivity index (χ0n) is 11.9. The molecule has 3 heteroatoms. The van der Waals surface area contributed by atoms with Gasteiger partial charge in [0.2, 0.25) is 0 Å². The van der Waals surface area contributed by atoms with Crippen molar-refractivity contribution in [2.75, 3.05) is 7.11 Å². The van der Waals surface area contributed by atoms with Crippen LogP contribution in [0.15, 0.2) is 22.7 Å². The average molecular weight is 327 g/mol. The molecule has 0 fully saturated rings. The van der Waals surface area contributed by atoms with Crippen molar-refractivity contribution in [2.45, 2.75) is 51.9 Å². The Balaban J connectivity index is 2.37. The second-order valence-corrected chi connectivity index (χ2v) is 5.64. The van der Waals surface area contributed by atoms with Crippen molar-refractivity contribution >= 4 is 21.7 Å². The number of carbonyl (C=O) groups excluding carboxylic acids is 1. The third-order valence-corrected chi connectivity index (χ3v) is 3.89. The van der Waals surface area contributed by atoms with E-state index in [1.807, 2.05) is 18.2 Å². The molecule has 0 spiro atoms. The van der Waals surface area contributed by atoms with E-state index >= 15 is 0 Å². The van der Waals surface area contributed by atoms with Crippen LogP contribution in [0.2, 0.25) is 0 Å². The van der Waals surface area contributed by atoms with Crippen LogP contribution in [0, 0.1) is 0 Å². The number of halogens is 1. The minimum absolute atomic E-state index is 0.213. The van der Waals surface area contributed by atoms with E-state index in [1.54, 1.807) is 7.11 Å². The summed E-state index contributed by atoms with van der Waals surface area (Å²) in [5, 5.41) is 0. The molecule has 0 aromatic heterocycles. The Bertz CT molecular complexity index is 402. The number of unbranched alkanes of at least 4 members (excludes halogenated alkanes) is 5. The topological polar surface area (TPSA) is 26.3 Å². The van der Waals surface area contributed by atoms with Gasteiger partial charge in [-0.25, -0.2) is 0 Å². The van der Waals surface area contributed by atoms with Gasteiger partial charge >= 0.3 is 0 Å². The van der Waals surface area contributed by atoms with Gasteiger partial charge in [0.25, 0.3) is 0 Å². The van der Waals surface area contributed by atoms with E-state index in [0.717, 1.165) is 28.6 Å². The highest BCUT2D eigenvalue weighted by Gasteiger charge is 2.10. The van der Waals surface area contributed by atoms with Crippen LogP contribution in [-0.2, 0) is 0 Å². The van der Waals surface area contributed by atoms with Crippen molar-refractivity contribution < 1.29 is 9.53 Å². The van der Waals surface area contributed by atoms with Gasteiger partial charge in [0, 0.05) is 16.5 Å². The first-order valence-corrected chi connectivity index (χ1v) is 7.85. The van der Waals surface area contributed by atoms with E-state index in [2.05, 4.69) is 22.9 Å². The Morgan fingerprint density at radius 3 is 2.47 bits per heavy atom. The second-order valence-electron chi connectivity index (χ2n) is 4.79. The Morgan fingerprint density at radius 1 is 1.16 bits per heavy atom. The number of methoxy groups -OCH3 is 1. The molecule has 1 aromatic rings. The van der Waals surface area contributed by atoms with Crippen LogP contribution >= 0.6 is 15.9 Å². The van der Waals surface area contributed by atoms with Gasteiger partial charge in [-0.2, -0.15) is 0 Å². The van der Waals surface area contributed by atoms with Crippen LogP contribution in [-0.4, -0.2) is 12.9 Å². The molecule has 19 heavy (non-hydrogen) atoms. The third-order valence-electron chi connectivity index (χ3n) is 3.23.